The van der Waals surface area contributed by atoms with Crippen molar-refractivity contribution in [1.82, 2.24) is 20.1 Å². The Morgan fingerprint density at radius 3 is 2.61 bits per heavy atom. The van der Waals surface area contributed by atoms with Crippen LogP contribution in [0, 0.1) is 12.8 Å². The predicted octanol–water partition coefficient (Wildman–Crippen LogP) is 2.84. The standard InChI is InChI=1S/C20H26Cl2N4O4S/c1-3-26-18(14-9-23-15(21)8-12(14)2)16(22)17(25-26)19(27)24-11-20(28)6-4-13(5-7-20)10-31(29)30/h8-9,13,28,31H,3-7,10-11H2,1-2H3,(H,24,27)/t13-,20+. The first-order valence-corrected chi connectivity index (χ1v) is 12.3. The number of nitrogens with one attached hydrogen (secondary N) is 1. The highest BCUT2D eigenvalue weighted by molar-refractivity contribution is 7.72. The molecule has 0 unspecified atom stereocenters. The van der Waals surface area contributed by atoms with Gasteiger partial charge in [-0.15, -0.1) is 0 Å². The third kappa shape index (κ3) is 5.58. The number of hydrogen-bond donors (Lipinski definition) is 3. The van der Waals surface area contributed by atoms with E-state index in [0.717, 1.165) is 11.1 Å². The van der Waals surface area contributed by atoms with E-state index in [-0.39, 0.29) is 28.9 Å². The van der Waals surface area contributed by atoms with Gasteiger partial charge in [0.2, 0.25) is 0 Å². The van der Waals surface area contributed by atoms with Crippen molar-refractivity contribution in [2.24, 2.45) is 5.92 Å². The first kappa shape index (κ1) is 24.0. The summed E-state index contributed by atoms with van der Waals surface area (Å²) in [5.74, 6) is -0.273. The van der Waals surface area contributed by atoms with Crippen LogP contribution in [0.25, 0.3) is 11.3 Å². The van der Waals surface area contributed by atoms with Crippen molar-refractivity contribution in [3.8, 4) is 11.3 Å². The normalized spacial score (nSPS) is 21.4. The van der Waals surface area contributed by atoms with Crippen molar-refractivity contribution >= 4 is 39.8 Å². The van der Waals surface area contributed by atoms with E-state index in [4.69, 9.17) is 23.2 Å². The Morgan fingerprint density at radius 2 is 2.03 bits per heavy atom. The number of pyridine rings is 1. The highest BCUT2D eigenvalue weighted by Crippen LogP contribution is 2.34. The number of amides is 1. The van der Waals surface area contributed by atoms with Crippen LogP contribution in [0.5, 0.6) is 0 Å². The van der Waals surface area contributed by atoms with E-state index in [0.29, 0.717) is 43.1 Å². The first-order valence-electron chi connectivity index (χ1n) is 10.1. The second-order valence-electron chi connectivity index (χ2n) is 8.01. The van der Waals surface area contributed by atoms with Crippen molar-refractivity contribution in [2.75, 3.05) is 12.3 Å². The second kappa shape index (κ2) is 9.85. The molecule has 11 heteroatoms. The van der Waals surface area contributed by atoms with Gasteiger partial charge in [0.1, 0.15) is 15.9 Å². The van der Waals surface area contributed by atoms with Gasteiger partial charge in [0.15, 0.2) is 5.69 Å². The average molecular weight is 489 g/mol. The van der Waals surface area contributed by atoms with Crippen LogP contribution in [-0.2, 0) is 17.2 Å². The molecule has 3 rings (SSSR count). The summed E-state index contributed by atoms with van der Waals surface area (Å²) in [5, 5.41) is 18.5. The Kier molecular flexibility index (Phi) is 7.62. The number of thiol groups is 1. The SMILES string of the molecule is CCn1nc(C(=O)NC[C@]2(O)CC[C@@H](C[SH](=O)=O)CC2)c(Cl)c1-c1cnc(Cl)cc1C. The van der Waals surface area contributed by atoms with Gasteiger partial charge in [-0.1, -0.05) is 23.2 Å². The molecule has 2 heterocycles. The van der Waals surface area contributed by atoms with E-state index in [1.807, 2.05) is 13.8 Å². The predicted molar refractivity (Wildman–Crippen MR) is 120 cm³/mol. The molecule has 0 aromatic carbocycles. The number of nitrogens with zero attached hydrogens (tertiary/aromatic N) is 3. The molecular formula is C20H26Cl2N4O4S. The minimum Gasteiger partial charge on any atom is -0.388 e. The number of hydrogen-bond acceptors (Lipinski definition) is 6. The maximum atomic E-state index is 12.8. The zero-order valence-electron chi connectivity index (χ0n) is 17.4. The summed E-state index contributed by atoms with van der Waals surface area (Å²) in [6.07, 6.45) is 3.67. The van der Waals surface area contributed by atoms with Gasteiger partial charge < -0.3 is 10.4 Å². The fourth-order valence-corrected chi connectivity index (χ4v) is 5.28. The van der Waals surface area contributed by atoms with E-state index in [1.54, 1.807) is 16.9 Å². The molecule has 0 aliphatic heterocycles. The summed E-state index contributed by atoms with van der Waals surface area (Å²) in [6.45, 7) is 4.32. The summed E-state index contributed by atoms with van der Waals surface area (Å²) < 4.78 is 23.5. The lowest BCUT2D eigenvalue weighted by atomic mass is 9.79. The fourth-order valence-electron chi connectivity index (χ4n) is 3.95. The maximum absolute atomic E-state index is 12.8. The van der Waals surface area contributed by atoms with E-state index in [1.165, 1.54) is 0 Å². The summed E-state index contributed by atoms with van der Waals surface area (Å²) in [5.41, 5.74) is 1.18. The van der Waals surface area contributed by atoms with Crippen LogP contribution in [0.4, 0.5) is 0 Å². The van der Waals surface area contributed by atoms with Gasteiger partial charge >= 0.3 is 0 Å². The van der Waals surface area contributed by atoms with Crippen molar-refractivity contribution in [1.29, 1.82) is 0 Å². The third-order valence-electron chi connectivity index (χ3n) is 5.76. The minimum atomic E-state index is -2.42. The van der Waals surface area contributed by atoms with E-state index >= 15 is 0 Å². The summed E-state index contributed by atoms with van der Waals surface area (Å²) in [6, 6.07) is 1.72. The number of halogens is 2. The smallest absolute Gasteiger partial charge is 0.273 e. The van der Waals surface area contributed by atoms with Gasteiger partial charge in [-0.05, 0) is 57.1 Å². The van der Waals surface area contributed by atoms with Crippen LogP contribution in [-0.4, -0.2) is 52.1 Å². The summed E-state index contributed by atoms with van der Waals surface area (Å²) in [4.78, 5) is 16.9. The van der Waals surface area contributed by atoms with Crippen molar-refractivity contribution in [3.05, 3.63) is 33.7 Å². The largest absolute Gasteiger partial charge is 0.388 e. The number of carbonyl (C=O) groups is 1. The molecule has 1 fully saturated rings. The summed E-state index contributed by atoms with van der Waals surface area (Å²) in [7, 11) is -2.42. The zero-order chi connectivity index (χ0) is 22.8. The molecule has 2 aromatic rings. The molecule has 0 saturated heterocycles. The van der Waals surface area contributed by atoms with Crippen molar-refractivity contribution in [3.63, 3.8) is 0 Å². The molecule has 170 valence electrons. The molecule has 8 nitrogen and oxygen atoms in total. The highest BCUT2D eigenvalue weighted by Gasteiger charge is 2.34. The number of aliphatic hydroxyl groups is 1. The second-order valence-corrected chi connectivity index (χ2v) is 9.81. The Bertz CT molecular complexity index is 1040. The molecule has 0 radical (unpaired) electrons. The van der Waals surface area contributed by atoms with Crippen molar-refractivity contribution in [2.45, 2.75) is 51.7 Å². The Balaban J connectivity index is 1.73. The van der Waals surface area contributed by atoms with Gasteiger partial charge in [0.25, 0.3) is 5.91 Å². The molecule has 0 atom stereocenters. The van der Waals surface area contributed by atoms with Crippen LogP contribution >= 0.6 is 23.2 Å². The van der Waals surface area contributed by atoms with Crippen molar-refractivity contribution < 1.29 is 18.3 Å². The molecule has 1 saturated carbocycles. The number of aromatic nitrogens is 3. The molecule has 0 bridgehead atoms. The molecule has 31 heavy (non-hydrogen) atoms. The third-order valence-corrected chi connectivity index (χ3v) is 7.14. The van der Waals surface area contributed by atoms with Crippen LogP contribution < -0.4 is 5.32 Å². The lowest BCUT2D eigenvalue weighted by Gasteiger charge is -2.35. The van der Waals surface area contributed by atoms with Crippen LogP contribution in [0.3, 0.4) is 0 Å². The van der Waals surface area contributed by atoms with Crippen LogP contribution in [0.2, 0.25) is 10.2 Å². The number of rotatable bonds is 7. The van der Waals surface area contributed by atoms with E-state index in [9.17, 15) is 18.3 Å². The Morgan fingerprint density at radius 1 is 1.35 bits per heavy atom. The number of aryl methyl sites for hydroxylation is 2. The van der Waals surface area contributed by atoms with Crippen LogP contribution in [0.15, 0.2) is 12.3 Å². The van der Waals surface area contributed by atoms with Gasteiger partial charge in [0.05, 0.1) is 22.1 Å². The molecule has 1 aliphatic rings. The number of carbonyl (C=O) groups excluding carboxylic acids is 1. The zero-order valence-corrected chi connectivity index (χ0v) is 19.8. The summed E-state index contributed by atoms with van der Waals surface area (Å²) >= 11 is 12.5. The highest BCUT2D eigenvalue weighted by atomic mass is 35.5. The Labute approximate surface area is 192 Å². The topological polar surface area (TPSA) is 114 Å². The lowest BCUT2D eigenvalue weighted by Crippen LogP contribution is -2.45. The lowest BCUT2D eigenvalue weighted by molar-refractivity contribution is -0.00503. The minimum absolute atomic E-state index is 0.0498. The van der Waals surface area contributed by atoms with Crippen LogP contribution in [0.1, 0.15) is 48.7 Å². The van der Waals surface area contributed by atoms with E-state index < -0.39 is 22.2 Å². The molecule has 2 aromatic heterocycles. The van der Waals surface area contributed by atoms with Gasteiger partial charge in [-0.3, -0.25) is 9.48 Å². The van der Waals surface area contributed by atoms with Gasteiger partial charge in [-0.2, -0.15) is 5.10 Å². The monoisotopic (exact) mass is 488 g/mol. The van der Waals surface area contributed by atoms with Gasteiger partial charge in [0, 0.05) is 24.8 Å². The molecule has 1 aliphatic carbocycles. The molecule has 2 N–H and O–H groups in total. The first-order chi connectivity index (χ1) is 14.6. The quantitative estimate of drug-likeness (QED) is 0.407. The molecular weight excluding hydrogens is 463 g/mol. The molecule has 0 spiro atoms. The average Bonchev–Trinajstić information content (AvgIpc) is 3.04. The fraction of sp³-hybridized carbons (Fsp3) is 0.550. The maximum Gasteiger partial charge on any atom is 0.273 e. The Hall–Kier alpha value is -1.68. The molecule has 1 amide bonds. The van der Waals surface area contributed by atoms with E-state index in [2.05, 4.69) is 15.4 Å². The van der Waals surface area contributed by atoms with Gasteiger partial charge in [-0.25, -0.2) is 13.4 Å².